The van der Waals surface area contributed by atoms with E-state index in [2.05, 4.69) is 216 Å². The molecule has 0 N–H and O–H groups in total. The van der Waals surface area contributed by atoms with Crippen LogP contribution >= 0.6 is 0 Å². The summed E-state index contributed by atoms with van der Waals surface area (Å²) in [6.45, 7) is 16.2. The first-order valence-electron chi connectivity index (χ1n) is 23.9. The molecule has 0 fully saturated rings. The number of furan rings is 2. The topological polar surface area (TPSA) is 32.8 Å². The van der Waals surface area contributed by atoms with Gasteiger partial charge in [-0.2, -0.15) is 0 Å². The molecule has 0 radical (unpaired) electrons. The number of benzene rings is 9. The largest absolute Gasteiger partial charge is 0.456 e. The van der Waals surface area contributed by atoms with Crippen molar-refractivity contribution in [3.8, 4) is 22.3 Å². The molecule has 0 saturated heterocycles. The Labute approximate surface area is 398 Å². The highest BCUT2D eigenvalue weighted by Gasteiger charge is 2.44. The van der Waals surface area contributed by atoms with Gasteiger partial charge >= 0.3 is 0 Å². The van der Waals surface area contributed by atoms with Crippen LogP contribution in [0.1, 0.15) is 58.2 Å². The number of para-hydroxylation sites is 2. The van der Waals surface area contributed by atoms with Gasteiger partial charge in [-0.25, -0.2) is 0 Å². The Morgan fingerprint density at radius 1 is 0.368 bits per heavy atom. The fourth-order valence-corrected chi connectivity index (χ4v) is 11.0. The highest BCUT2D eigenvalue weighted by atomic mass is 16.3. The molecule has 328 valence electrons. The molecule has 13 rings (SSSR count). The van der Waals surface area contributed by atoms with Crippen molar-refractivity contribution >= 4 is 101 Å². The molecular weight excluding hydrogens is 828 g/mol. The SMILES string of the molecule is Cc1cc2c3c(c1)N(c1ccc(-c4ccc5c(c4)oc4ccccc45)cc1)c1cc(C(C)(C)C)ccc1B3c1ccc(C(C)(C)C)cc1N2c1ccc(-c2ccc3c(c2)oc2ccccc23)cc1. The average molecular weight is 879 g/mol. The summed E-state index contributed by atoms with van der Waals surface area (Å²) in [6.07, 6.45) is 0. The molecule has 2 aliphatic heterocycles. The van der Waals surface area contributed by atoms with Crippen LogP contribution in [0.2, 0.25) is 0 Å². The Balaban J connectivity index is 0.973. The van der Waals surface area contributed by atoms with Crippen molar-refractivity contribution in [2.75, 3.05) is 9.80 Å². The van der Waals surface area contributed by atoms with Crippen LogP contribution < -0.4 is 26.2 Å². The van der Waals surface area contributed by atoms with Gasteiger partial charge in [0.1, 0.15) is 22.3 Å². The summed E-state index contributed by atoms with van der Waals surface area (Å²) in [4.78, 5) is 5.06. The van der Waals surface area contributed by atoms with Crippen molar-refractivity contribution < 1.29 is 8.83 Å². The number of fused-ring (bicyclic) bond motifs is 10. The van der Waals surface area contributed by atoms with Gasteiger partial charge in [0.2, 0.25) is 0 Å². The maximum atomic E-state index is 6.32. The third-order valence-electron chi connectivity index (χ3n) is 14.6. The van der Waals surface area contributed by atoms with E-state index < -0.39 is 0 Å². The first-order valence-corrected chi connectivity index (χ1v) is 23.9. The maximum Gasteiger partial charge on any atom is 0.252 e. The van der Waals surface area contributed by atoms with Crippen LogP contribution in [-0.4, -0.2) is 6.71 Å². The highest BCUT2D eigenvalue weighted by Crippen LogP contribution is 2.47. The minimum Gasteiger partial charge on any atom is -0.456 e. The molecule has 0 amide bonds. The van der Waals surface area contributed by atoms with Crippen molar-refractivity contribution in [1.82, 2.24) is 0 Å². The molecule has 5 heteroatoms. The lowest BCUT2D eigenvalue weighted by Gasteiger charge is -2.45. The normalized spacial score (nSPS) is 13.4. The van der Waals surface area contributed by atoms with Crippen LogP contribution in [0, 0.1) is 6.92 Å². The Hall–Kier alpha value is -7.76. The molecule has 0 aliphatic carbocycles. The lowest BCUT2D eigenvalue weighted by atomic mass is 9.33. The molecule has 11 aromatic rings. The average Bonchev–Trinajstić information content (AvgIpc) is 3.91. The summed E-state index contributed by atoms with van der Waals surface area (Å²) in [5, 5.41) is 4.57. The Morgan fingerprint density at radius 2 is 0.765 bits per heavy atom. The number of hydrogen-bond acceptors (Lipinski definition) is 4. The van der Waals surface area contributed by atoms with Gasteiger partial charge in [-0.1, -0.05) is 139 Å². The van der Waals surface area contributed by atoms with Crippen LogP contribution in [0.25, 0.3) is 66.1 Å². The second kappa shape index (κ2) is 14.6. The molecule has 4 nitrogen and oxygen atoms in total. The van der Waals surface area contributed by atoms with E-state index in [1.165, 1.54) is 55.8 Å². The summed E-state index contributed by atoms with van der Waals surface area (Å²) in [6, 6.07) is 67.3. The van der Waals surface area contributed by atoms with Gasteiger partial charge in [-0.05, 0) is 158 Å². The minimum absolute atomic E-state index is 0.0331. The second-order valence-corrected chi connectivity index (χ2v) is 21.1. The molecule has 0 atom stereocenters. The zero-order chi connectivity index (χ0) is 46.2. The van der Waals surface area contributed by atoms with Crippen molar-refractivity contribution in [2.45, 2.75) is 59.3 Å². The minimum atomic E-state index is -0.0369. The van der Waals surface area contributed by atoms with E-state index in [-0.39, 0.29) is 17.5 Å². The van der Waals surface area contributed by atoms with Gasteiger partial charge in [0.15, 0.2) is 0 Å². The summed E-state index contributed by atoms with van der Waals surface area (Å²) >= 11 is 0. The van der Waals surface area contributed by atoms with E-state index in [1.807, 2.05) is 24.3 Å². The van der Waals surface area contributed by atoms with Crippen molar-refractivity contribution in [3.63, 3.8) is 0 Å². The fraction of sp³-hybridized carbons (Fsp3) is 0.143. The van der Waals surface area contributed by atoms with Gasteiger partial charge in [-0.15, -0.1) is 0 Å². The van der Waals surface area contributed by atoms with E-state index in [1.54, 1.807) is 0 Å². The monoisotopic (exact) mass is 878 g/mol. The fourth-order valence-electron chi connectivity index (χ4n) is 11.0. The molecule has 4 heterocycles. The van der Waals surface area contributed by atoms with E-state index in [0.29, 0.717) is 0 Å². The van der Waals surface area contributed by atoms with Gasteiger partial charge < -0.3 is 18.6 Å². The predicted octanol–water partition coefficient (Wildman–Crippen LogP) is 15.8. The van der Waals surface area contributed by atoms with E-state index >= 15 is 0 Å². The van der Waals surface area contributed by atoms with Crippen LogP contribution in [0.5, 0.6) is 0 Å². The number of rotatable bonds is 4. The van der Waals surface area contributed by atoms with Crippen LogP contribution in [-0.2, 0) is 10.8 Å². The quantitative estimate of drug-likeness (QED) is 0.165. The van der Waals surface area contributed by atoms with E-state index in [4.69, 9.17) is 8.83 Å². The third kappa shape index (κ3) is 6.29. The van der Waals surface area contributed by atoms with E-state index in [9.17, 15) is 0 Å². The zero-order valence-electron chi connectivity index (χ0n) is 39.6. The second-order valence-electron chi connectivity index (χ2n) is 21.1. The van der Waals surface area contributed by atoms with Crippen LogP contribution in [0.3, 0.4) is 0 Å². The molecular formula is C63H51BN2O2. The Kier molecular flexibility index (Phi) is 8.71. The zero-order valence-corrected chi connectivity index (χ0v) is 39.6. The first-order chi connectivity index (χ1) is 32.9. The molecule has 2 aromatic heterocycles. The molecule has 0 bridgehead atoms. The molecule has 9 aromatic carbocycles. The summed E-state index contributed by atoms with van der Waals surface area (Å²) in [5.41, 5.74) is 23.1. The number of nitrogens with zero attached hydrogens (tertiary/aromatic N) is 2. The van der Waals surface area contributed by atoms with Crippen molar-refractivity contribution in [1.29, 1.82) is 0 Å². The summed E-state index contributed by atoms with van der Waals surface area (Å²) in [7, 11) is 0. The number of aryl methyl sites for hydroxylation is 1. The van der Waals surface area contributed by atoms with Gasteiger partial charge in [0, 0.05) is 55.7 Å². The summed E-state index contributed by atoms with van der Waals surface area (Å²) in [5.74, 6) is 0. The number of hydrogen-bond donors (Lipinski definition) is 0. The highest BCUT2D eigenvalue weighted by molar-refractivity contribution is 7.00. The van der Waals surface area contributed by atoms with Crippen LogP contribution in [0.15, 0.2) is 191 Å². The maximum absolute atomic E-state index is 6.32. The third-order valence-corrected chi connectivity index (χ3v) is 14.6. The lowest BCUT2D eigenvalue weighted by Crippen LogP contribution is -2.61. The van der Waals surface area contributed by atoms with Gasteiger partial charge in [0.05, 0.1) is 0 Å². The number of anilines is 6. The summed E-state index contributed by atoms with van der Waals surface area (Å²) < 4.78 is 12.6. The van der Waals surface area contributed by atoms with E-state index in [0.717, 1.165) is 77.5 Å². The molecule has 0 saturated carbocycles. The van der Waals surface area contributed by atoms with Gasteiger partial charge in [-0.3, -0.25) is 0 Å². The standard InChI is InChI=1S/C63H51BN2O2/c1-38-32-55-61-56(33-38)66(46-26-18-40(19-27-46)42-21-29-50-48-13-9-11-15-58(48)68-60(50)35-42)54-37-44(63(5,6)7)23-31-52(54)64(61)51-30-22-43(62(2,3)4)36-53(51)65(55)45-24-16-39(17-25-45)41-20-28-49-47-12-8-10-14-57(47)67-59(49)34-41/h8-37H,1-7H3. The Morgan fingerprint density at radius 3 is 1.19 bits per heavy atom. The molecule has 68 heavy (non-hydrogen) atoms. The first kappa shape index (κ1) is 40.5. The van der Waals surface area contributed by atoms with Crippen LogP contribution in [0.4, 0.5) is 34.1 Å². The van der Waals surface area contributed by atoms with Crippen molar-refractivity contribution in [2.24, 2.45) is 0 Å². The molecule has 2 aliphatic rings. The predicted molar refractivity (Wildman–Crippen MR) is 288 cm³/mol. The Bertz CT molecular complexity index is 3590. The van der Waals surface area contributed by atoms with Gasteiger partial charge in [0.25, 0.3) is 6.71 Å². The van der Waals surface area contributed by atoms with Crippen molar-refractivity contribution in [3.05, 3.63) is 199 Å². The lowest BCUT2D eigenvalue weighted by molar-refractivity contribution is 0.590. The smallest absolute Gasteiger partial charge is 0.252 e. The molecule has 0 unspecified atom stereocenters. The molecule has 0 spiro atoms.